The van der Waals surface area contributed by atoms with Gasteiger partial charge in [-0.3, -0.25) is 0 Å². The third kappa shape index (κ3) is 2.03. The predicted molar refractivity (Wildman–Crippen MR) is 70.5 cm³/mol. The van der Waals surface area contributed by atoms with E-state index in [9.17, 15) is 13.6 Å². The Labute approximate surface area is 117 Å². The highest BCUT2D eigenvalue weighted by Gasteiger charge is 2.18. The number of rotatable bonds is 2. The third-order valence-corrected chi connectivity index (χ3v) is 3.16. The second-order valence-corrected chi connectivity index (χ2v) is 4.54. The second-order valence-electron chi connectivity index (χ2n) is 4.54. The number of aryl methyl sites for hydroxylation is 1. The van der Waals surface area contributed by atoms with Crippen molar-refractivity contribution in [3.05, 3.63) is 53.1 Å². The van der Waals surface area contributed by atoms with Crippen LogP contribution in [0.15, 0.2) is 30.3 Å². The number of halogens is 2. The van der Waals surface area contributed by atoms with Gasteiger partial charge in [-0.1, -0.05) is 11.3 Å². The summed E-state index contributed by atoms with van der Waals surface area (Å²) in [6, 6.07) is 6.52. The molecular weight excluding hydrogens is 280 g/mol. The summed E-state index contributed by atoms with van der Waals surface area (Å²) in [6.07, 6.45) is 0. The summed E-state index contributed by atoms with van der Waals surface area (Å²) in [7, 11) is 0. The normalized spacial score (nSPS) is 11.0. The van der Waals surface area contributed by atoms with Crippen LogP contribution in [0, 0.1) is 18.6 Å². The lowest BCUT2D eigenvalue weighted by Crippen LogP contribution is -2.05. The monoisotopic (exact) mass is 289 g/mol. The van der Waals surface area contributed by atoms with E-state index >= 15 is 0 Å². The molecule has 0 radical (unpaired) electrons. The number of hydrogen-bond donors (Lipinski definition) is 1. The van der Waals surface area contributed by atoms with Crippen molar-refractivity contribution < 1.29 is 18.7 Å². The standard InChI is InChI=1S/C14H9F2N3O2/c1-7-2-4-9(15)13(12(7)16)19-11-5-3-8(14(20)21)6-10(11)17-18-19/h2-6H,1H3,(H,20,21). The molecule has 0 fully saturated rings. The first-order chi connectivity index (χ1) is 9.99. The summed E-state index contributed by atoms with van der Waals surface area (Å²) in [4.78, 5) is 10.9. The molecule has 2 aromatic carbocycles. The van der Waals surface area contributed by atoms with E-state index in [4.69, 9.17) is 5.11 Å². The molecule has 3 rings (SSSR count). The molecule has 0 bridgehead atoms. The van der Waals surface area contributed by atoms with Gasteiger partial charge in [0.25, 0.3) is 0 Å². The maximum absolute atomic E-state index is 14.1. The molecule has 0 unspecified atom stereocenters. The van der Waals surface area contributed by atoms with Crippen molar-refractivity contribution in [2.24, 2.45) is 0 Å². The third-order valence-electron chi connectivity index (χ3n) is 3.16. The summed E-state index contributed by atoms with van der Waals surface area (Å²) in [5, 5.41) is 16.4. The van der Waals surface area contributed by atoms with Gasteiger partial charge >= 0.3 is 5.97 Å². The molecule has 3 aromatic rings. The van der Waals surface area contributed by atoms with Crippen LogP contribution in [0.3, 0.4) is 0 Å². The summed E-state index contributed by atoms with van der Waals surface area (Å²) in [5.41, 5.74) is 0.538. The largest absolute Gasteiger partial charge is 0.478 e. The van der Waals surface area contributed by atoms with Gasteiger partial charge < -0.3 is 5.11 Å². The zero-order valence-corrected chi connectivity index (χ0v) is 10.8. The number of benzene rings is 2. The van der Waals surface area contributed by atoms with E-state index in [1.54, 1.807) is 0 Å². The zero-order chi connectivity index (χ0) is 15.1. The molecule has 106 valence electrons. The van der Waals surface area contributed by atoms with Crippen molar-refractivity contribution in [1.29, 1.82) is 0 Å². The predicted octanol–water partition coefficient (Wildman–Crippen LogP) is 2.71. The molecule has 0 saturated carbocycles. The molecule has 0 amide bonds. The van der Waals surface area contributed by atoms with Crippen molar-refractivity contribution in [3.63, 3.8) is 0 Å². The summed E-state index contributed by atoms with van der Waals surface area (Å²) in [6.45, 7) is 1.51. The fourth-order valence-electron chi connectivity index (χ4n) is 2.06. The Morgan fingerprint density at radius 3 is 2.71 bits per heavy atom. The molecule has 1 heterocycles. The lowest BCUT2D eigenvalue weighted by atomic mass is 10.1. The van der Waals surface area contributed by atoms with Gasteiger partial charge in [-0.2, -0.15) is 0 Å². The number of aromatic carboxylic acids is 1. The Bertz CT molecular complexity index is 874. The first kappa shape index (κ1) is 13.2. The number of carbonyl (C=O) groups is 1. The quantitative estimate of drug-likeness (QED) is 0.787. The Kier molecular flexibility index (Phi) is 2.90. The minimum Gasteiger partial charge on any atom is -0.478 e. The highest BCUT2D eigenvalue weighted by Crippen LogP contribution is 2.24. The van der Waals surface area contributed by atoms with Crippen molar-refractivity contribution in [3.8, 4) is 5.69 Å². The first-order valence-corrected chi connectivity index (χ1v) is 6.03. The number of aromatic nitrogens is 3. The van der Waals surface area contributed by atoms with Gasteiger partial charge in [-0.25, -0.2) is 18.3 Å². The summed E-state index contributed by atoms with van der Waals surface area (Å²) < 4.78 is 29.1. The Morgan fingerprint density at radius 1 is 1.24 bits per heavy atom. The molecular formula is C14H9F2N3O2. The molecule has 0 spiro atoms. The van der Waals surface area contributed by atoms with E-state index in [-0.39, 0.29) is 22.3 Å². The Balaban J connectivity index is 2.27. The van der Waals surface area contributed by atoms with Crippen LogP contribution in [0.4, 0.5) is 8.78 Å². The van der Waals surface area contributed by atoms with Gasteiger partial charge in [-0.15, -0.1) is 5.10 Å². The van der Waals surface area contributed by atoms with Crippen LogP contribution < -0.4 is 0 Å². The molecule has 21 heavy (non-hydrogen) atoms. The highest BCUT2D eigenvalue weighted by atomic mass is 19.1. The van der Waals surface area contributed by atoms with Gasteiger partial charge in [0.05, 0.1) is 11.1 Å². The van der Waals surface area contributed by atoms with E-state index in [1.165, 1.54) is 31.2 Å². The number of fused-ring (bicyclic) bond motifs is 1. The smallest absolute Gasteiger partial charge is 0.335 e. The highest BCUT2D eigenvalue weighted by molar-refractivity contribution is 5.92. The Morgan fingerprint density at radius 2 is 2.00 bits per heavy atom. The SMILES string of the molecule is Cc1ccc(F)c(-n2nnc3cc(C(=O)O)ccc32)c1F. The average molecular weight is 289 g/mol. The van der Waals surface area contributed by atoms with Crippen LogP contribution in [0.5, 0.6) is 0 Å². The number of hydrogen-bond acceptors (Lipinski definition) is 3. The molecule has 1 N–H and O–H groups in total. The lowest BCUT2D eigenvalue weighted by Gasteiger charge is -2.07. The van der Waals surface area contributed by atoms with E-state index in [1.807, 2.05) is 0 Å². The molecule has 0 aliphatic heterocycles. The molecule has 1 aromatic heterocycles. The first-order valence-electron chi connectivity index (χ1n) is 6.03. The topological polar surface area (TPSA) is 68.0 Å². The van der Waals surface area contributed by atoms with Crippen LogP contribution in [0.2, 0.25) is 0 Å². The van der Waals surface area contributed by atoms with E-state index < -0.39 is 17.6 Å². The van der Waals surface area contributed by atoms with Gasteiger partial charge in [0, 0.05) is 0 Å². The molecule has 7 heteroatoms. The van der Waals surface area contributed by atoms with E-state index in [0.717, 1.165) is 10.7 Å². The van der Waals surface area contributed by atoms with Gasteiger partial charge in [0.1, 0.15) is 11.2 Å². The van der Waals surface area contributed by atoms with Gasteiger partial charge in [0.2, 0.25) is 0 Å². The summed E-state index contributed by atoms with van der Waals surface area (Å²) >= 11 is 0. The van der Waals surface area contributed by atoms with Crippen molar-refractivity contribution in [2.45, 2.75) is 6.92 Å². The minimum atomic E-state index is -1.11. The van der Waals surface area contributed by atoms with E-state index in [0.29, 0.717) is 5.52 Å². The van der Waals surface area contributed by atoms with Crippen molar-refractivity contribution in [1.82, 2.24) is 15.0 Å². The molecule has 0 aliphatic rings. The number of nitrogens with zero attached hydrogens (tertiary/aromatic N) is 3. The van der Waals surface area contributed by atoms with Gasteiger partial charge in [0.15, 0.2) is 11.6 Å². The zero-order valence-electron chi connectivity index (χ0n) is 10.8. The fraction of sp³-hybridized carbons (Fsp3) is 0.0714. The van der Waals surface area contributed by atoms with Crippen LogP contribution in [0.25, 0.3) is 16.7 Å². The van der Waals surface area contributed by atoms with Crippen LogP contribution in [-0.4, -0.2) is 26.1 Å². The second kappa shape index (κ2) is 4.62. The van der Waals surface area contributed by atoms with Crippen molar-refractivity contribution >= 4 is 17.0 Å². The minimum absolute atomic E-state index is 0.0275. The maximum atomic E-state index is 14.1. The molecule has 5 nitrogen and oxygen atoms in total. The molecule has 0 aliphatic carbocycles. The lowest BCUT2D eigenvalue weighted by molar-refractivity contribution is 0.0697. The Hall–Kier alpha value is -2.83. The average Bonchev–Trinajstić information content (AvgIpc) is 2.86. The van der Waals surface area contributed by atoms with Crippen molar-refractivity contribution in [2.75, 3.05) is 0 Å². The van der Waals surface area contributed by atoms with Crippen LogP contribution >= 0.6 is 0 Å². The summed E-state index contributed by atoms with van der Waals surface area (Å²) in [5.74, 6) is -2.62. The maximum Gasteiger partial charge on any atom is 0.335 e. The van der Waals surface area contributed by atoms with Crippen LogP contribution in [0.1, 0.15) is 15.9 Å². The van der Waals surface area contributed by atoms with E-state index in [2.05, 4.69) is 10.3 Å². The molecule has 0 atom stereocenters. The number of carboxylic acids is 1. The fourth-order valence-corrected chi connectivity index (χ4v) is 2.06. The van der Waals surface area contributed by atoms with Gasteiger partial charge in [-0.05, 0) is 36.8 Å². The van der Waals surface area contributed by atoms with Crippen LogP contribution in [-0.2, 0) is 0 Å². The number of carboxylic acid groups (broad SMARTS) is 1. The molecule has 0 saturated heterocycles.